The molecule has 1 aliphatic heterocycles. The van der Waals surface area contributed by atoms with E-state index in [1.807, 2.05) is 19.9 Å². The highest BCUT2D eigenvalue weighted by atomic mass is 16.3. The number of aliphatic hydroxyl groups excluding tert-OH is 1. The van der Waals surface area contributed by atoms with Gasteiger partial charge in [-0.05, 0) is 25.0 Å². The molecule has 23 heavy (non-hydrogen) atoms. The molecule has 2 amide bonds. The standard InChI is InChI=1S/C17H26N2O4/c1-3-17(4-2,12-20)11-18-16(22)13-8-15(21)19(9-13)10-14-6-5-7-23-14/h5-7,13,20H,3-4,8-12H2,1-2H3,(H,18,22). The van der Waals surface area contributed by atoms with Crippen LogP contribution >= 0.6 is 0 Å². The van der Waals surface area contributed by atoms with Gasteiger partial charge in [0.05, 0.1) is 25.3 Å². The number of carbonyl (C=O) groups is 2. The van der Waals surface area contributed by atoms with E-state index in [2.05, 4.69) is 5.32 Å². The molecule has 0 saturated carbocycles. The van der Waals surface area contributed by atoms with Crippen molar-refractivity contribution in [2.45, 2.75) is 39.7 Å². The lowest BCUT2D eigenvalue weighted by Gasteiger charge is -2.30. The molecule has 0 aromatic carbocycles. The second-order valence-electron chi connectivity index (χ2n) is 6.34. The Morgan fingerprint density at radius 1 is 1.48 bits per heavy atom. The summed E-state index contributed by atoms with van der Waals surface area (Å²) in [6.07, 6.45) is 3.41. The van der Waals surface area contributed by atoms with Crippen LogP contribution in [0.15, 0.2) is 22.8 Å². The van der Waals surface area contributed by atoms with Crippen LogP contribution in [0.25, 0.3) is 0 Å². The van der Waals surface area contributed by atoms with E-state index < -0.39 is 0 Å². The van der Waals surface area contributed by atoms with Crippen LogP contribution in [0.5, 0.6) is 0 Å². The SMILES string of the molecule is CCC(CC)(CO)CNC(=O)C1CC(=O)N(Cc2ccco2)C1. The Kier molecular flexibility index (Phi) is 5.82. The number of aliphatic hydroxyl groups is 1. The predicted molar refractivity (Wildman–Crippen MR) is 85.3 cm³/mol. The average molecular weight is 322 g/mol. The number of carbonyl (C=O) groups excluding carboxylic acids is 2. The Bertz CT molecular complexity index is 514. The highest BCUT2D eigenvalue weighted by Gasteiger charge is 2.35. The fraction of sp³-hybridized carbons (Fsp3) is 0.647. The van der Waals surface area contributed by atoms with Gasteiger partial charge in [-0.3, -0.25) is 9.59 Å². The van der Waals surface area contributed by atoms with Crippen molar-refractivity contribution in [3.8, 4) is 0 Å². The van der Waals surface area contributed by atoms with Gasteiger partial charge < -0.3 is 19.7 Å². The van der Waals surface area contributed by atoms with Crippen molar-refractivity contribution >= 4 is 11.8 Å². The number of hydrogen-bond donors (Lipinski definition) is 2. The molecule has 1 unspecified atom stereocenters. The van der Waals surface area contributed by atoms with Crippen LogP contribution in [0.2, 0.25) is 0 Å². The molecule has 1 saturated heterocycles. The van der Waals surface area contributed by atoms with E-state index in [0.29, 0.717) is 19.6 Å². The van der Waals surface area contributed by atoms with E-state index >= 15 is 0 Å². The maximum absolute atomic E-state index is 12.3. The monoisotopic (exact) mass is 322 g/mol. The van der Waals surface area contributed by atoms with E-state index in [1.165, 1.54) is 0 Å². The number of rotatable bonds is 8. The van der Waals surface area contributed by atoms with Crippen LogP contribution in [-0.2, 0) is 16.1 Å². The van der Waals surface area contributed by atoms with Crippen LogP contribution in [0, 0.1) is 11.3 Å². The fourth-order valence-corrected chi connectivity index (χ4v) is 2.89. The van der Waals surface area contributed by atoms with Crippen LogP contribution in [0.3, 0.4) is 0 Å². The predicted octanol–water partition coefficient (Wildman–Crippen LogP) is 1.54. The maximum atomic E-state index is 12.3. The summed E-state index contributed by atoms with van der Waals surface area (Å²) >= 11 is 0. The number of nitrogens with zero attached hydrogens (tertiary/aromatic N) is 1. The Balaban J connectivity index is 1.87. The highest BCUT2D eigenvalue weighted by Crippen LogP contribution is 2.25. The maximum Gasteiger partial charge on any atom is 0.225 e. The van der Waals surface area contributed by atoms with Gasteiger partial charge in [-0.2, -0.15) is 0 Å². The molecular formula is C17H26N2O4. The Labute approximate surface area is 136 Å². The zero-order valence-electron chi connectivity index (χ0n) is 13.9. The van der Waals surface area contributed by atoms with Gasteiger partial charge in [0.15, 0.2) is 0 Å². The van der Waals surface area contributed by atoms with Crippen LogP contribution in [-0.4, -0.2) is 41.5 Å². The van der Waals surface area contributed by atoms with Gasteiger partial charge in [-0.1, -0.05) is 13.8 Å². The second-order valence-corrected chi connectivity index (χ2v) is 6.34. The molecule has 1 atom stereocenters. The molecule has 1 aromatic heterocycles. The van der Waals surface area contributed by atoms with E-state index in [-0.39, 0.29) is 36.2 Å². The minimum absolute atomic E-state index is 0.0269. The summed E-state index contributed by atoms with van der Waals surface area (Å²) in [5.74, 6) is 0.249. The third kappa shape index (κ3) is 4.13. The quantitative estimate of drug-likeness (QED) is 0.760. The van der Waals surface area contributed by atoms with Gasteiger partial charge >= 0.3 is 0 Å². The molecule has 2 rings (SSSR count). The summed E-state index contributed by atoms with van der Waals surface area (Å²) in [5.41, 5.74) is -0.272. The molecule has 128 valence electrons. The summed E-state index contributed by atoms with van der Waals surface area (Å²) in [7, 11) is 0. The molecule has 1 fully saturated rings. The largest absolute Gasteiger partial charge is 0.467 e. The molecule has 6 heteroatoms. The van der Waals surface area contributed by atoms with E-state index in [1.54, 1.807) is 17.2 Å². The molecule has 2 N–H and O–H groups in total. The summed E-state index contributed by atoms with van der Waals surface area (Å²) in [4.78, 5) is 26.0. The van der Waals surface area contributed by atoms with Gasteiger partial charge in [-0.25, -0.2) is 0 Å². The first-order valence-corrected chi connectivity index (χ1v) is 8.22. The third-order valence-corrected chi connectivity index (χ3v) is 4.99. The first-order chi connectivity index (χ1) is 11.0. The summed E-state index contributed by atoms with van der Waals surface area (Å²) < 4.78 is 5.25. The summed E-state index contributed by atoms with van der Waals surface area (Å²) in [6.45, 7) is 5.33. The van der Waals surface area contributed by atoms with Crippen molar-refractivity contribution in [3.05, 3.63) is 24.2 Å². The first kappa shape index (κ1) is 17.5. The molecular weight excluding hydrogens is 296 g/mol. The second kappa shape index (κ2) is 7.64. The molecule has 0 bridgehead atoms. The van der Waals surface area contributed by atoms with Gasteiger partial charge in [0, 0.05) is 24.9 Å². The number of nitrogens with one attached hydrogen (secondary N) is 1. The van der Waals surface area contributed by atoms with E-state index in [0.717, 1.165) is 18.6 Å². The molecule has 1 aromatic rings. The first-order valence-electron chi connectivity index (χ1n) is 8.22. The molecule has 6 nitrogen and oxygen atoms in total. The number of hydrogen-bond acceptors (Lipinski definition) is 4. The zero-order valence-corrected chi connectivity index (χ0v) is 13.9. The lowest BCUT2D eigenvalue weighted by atomic mass is 9.83. The van der Waals surface area contributed by atoms with E-state index in [9.17, 15) is 14.7 Å². The Morgan fingerprint density at radius 3 is 2.78 bits per heavy atom. The van der Waals surface area contributed by atoms with Crippen LogP contribution in [0.4, 0.5) is 0 Å². The van der Waals surface area contributed by atoms with Crippen molar-refractivity contribution in [1.29, 1.82) is 0 Å². The van der Waals surface area contributed by atoms with Crippen molar-refractivity contribution in [1.82, 2.24) is 10.2 Å². The van der Waals surface area contributed by atoms with Crippen molar-refractivity contribution in [2.24, 2.45) is 11.3 Å². The van der Waals surface area contributed by atoms with Gasteiger partial charge in [0.25, 0.3) is 0 Å². The zero-order chi connectivity index (χ0) is 16.9. The van der Waals surface area contributed by atoms with Crippen molar-refractivity contribution in [2.75, 3.05) is 19.7 Å². The number of amides is 2. The molecule has 0 aliphatic carbocycles. The fourth-order valence-electron chi connectivity index (χ4n) is 2.89. The molecule has 0 radical (unpaired) electrons. The minimum atomic E-state index is -0.331. The van der Waals surface area contributed by atoms with Crippen LogP contribution < -0.4 is 5.32 Å². The molecule has 0 spiro atoms. The van der Waals surface area contributed by atoms with Crippen LogP contribution in [0.1, 0.15) is 38.9 Å². The molecule has 1 aliphatic rings. The number of likely N-dealkylation sites (tertiary alicyclic amines) is 1. The normalized spacial score (nSPS) is 18.5. The van der Waals surface area contributed by atoms with Gasteiger partial charge in [0.2, 0.25) is 11.8 Å². The smallest absolute Gasteiger partial charge is 0.225 e. The Morgan fingerprint density at radius 2 is 2.22 bits per heavy atom. The van der Waals surface area contributed by atoms with E-state index in [4.69, 9.17) is 4.42 Å². The minimum Gasteiger partial charge on any atom is -0.467 e. The third-order valence-electron chi connectivity index (χ3n) is 4.99. The lowest BCUT2D eigenvalue weighted by molar-refractivity contribution is -0.129. The number of furan rings is 1. The Hall–Kier alpha value is -1.82. The van der Waals surface area contributed by atoms with Crippen molar-refractivity contribution < 1.29 is 19.1 Å². The topological polar surface area (TPSA) is 82.8 Å². The average Bonchev–Trinajstić information content (AvgIpc) is 3.20. The van der Waals surface area contributed by atoms with Gasteiger partial charge in [-0.15, -0.1) is 0 Å². The lowest BCUT2D eigenvalue weighted by Crippen LogP contribution is -2.42. The summed E-state index contributed by atoms with van der Waals surface area (Å²) in [5, 5.41) is 12.5. The van der Waals surface area contributed by atoms with Crippen molar-refractivity contribution in [3.63, 3.8) is 0 Å². The van der Waals surface area contributed by atoms with Gasteiger partial charge in [0.1, 0.15) is 5.76 Å². The molecule has 2 heterocycles. The highest BCUT2D eigenvalue weighted by molar-refractivity contribution is 5.89. The summed E-state index contributed by atoms with van der Waals surface area (Å²) in [6, 6.07) is 3.60.